The Morgan fingerprint density at radius 3 is 2.69 bits per heavy atom. The van der Waals surface area contributed by atoms with Gasteiger partial charge in [-0.05, 0) is 12.8 Å². The van der Waals surface area contributed by atoms with Crippen LogP contribution in [0.2, 0.25) is 0 Å². The molecule has 0 aliphatic heterocycles. The molecule has 0 radical (unpaired) electrons. The molecule has 1 atom stereocenters. The summed E-state index contributed by atoms with van der Waals surface area (Å²) in [6.45, 7) is 5.86. The summed E-state index contributed by atoms with van der Waals surface area (Å²) in [7, 11) is 0. The highest BCUT2D eigenvalue weighted by Crippen LogP contribution is 2.08. The topological polar surface area (TPSA) is 52.1 Å². The molecule has 72 valence electrons. The Bertz CT molecular complexity index is 272. The second-order valence-corrected chi connectivity index (χ2v) is 3.70. The number of carbonyl (C=O) groups is 1. The summed E-state index contributed by atoms with van der Waals surface area (Å²) >= 11 is 1.00. The van der Waals surface area contributed by atoms with Crippen LogP contribution in [-0.4, -0.2) is 20.8 Å². The minimum absolute atomic E-state index is 0.0887. The average Bonchev–Trinajstić information content (AvgIpc) is 2.55. The van der Waals surface area contributed by atoms with Gasteiger partial charge in [-0.3, -0.25) is 0 Å². The molecule has 5 heteroatoms. The fraction of sp³-hybridized carbons (Fsp3) is 0.625. The number of ether oxygens (including phenoxy) is 1. The van der Waals surface area contributed by atoms with Crippen molar-refractivity contribution >= 4 is 17.7 Å². The van der Waals surface area contributed by atoms with Crippen molar-refractivity contribution in [2.75, 3.05) is 0 Å². The van der Waals surface area contributed by atoms with Crippen molar-refractivity contribution in [2.45, 2.75) is 26.9 Å². The molecular weight excluding hydrogens is 188 g/mol. The molecule has 0 N–H and O–H groups in total. The van der Waals surface area contributed by atoms with Gasteiger partial charge in [-0.15, -0.1) is 0 Å². The average molecular weight is 200 g/mol. The van der Waals surface area contributed by atoms with Gasteiger partial charge in [-0.1, -0.05) is 13.8 Å². The van der Waals surface area contributed by atoms with Gasteiger partial charge in [-0.2, -0.15) is 8.75 Å². The van der Waals surface area contributed by atoms with Gasteiger partial charge in [-0.25, -0.2) is 4.79 Å². The van der Waals surface area contributed by atoms with Crippen LogP contribution in [-0.2, 0) is 4.74 Å². The van der Waals surface area contributed by atoms with E-state index in [4.69, 9.17) is 4.74 Å². The molecule has 1 aromatic heterocycles. The maximum Gasteiger partial charge on any atom is 0.360 e. The number of carbonyl (C=O) groups excluding carboxylic acids is 1. The molecule has 0 saturated heterocycles. The third-order valence-electron chi connectivity index (χ3n) is 1.80. The highest BCUT2D eigenvalue weighted by atomic mass is 32.1. The fourth-order valence-electron chi connectivity index (χ4n) is 0.620. The molecule has 0 saturated carbocycles. The number of esters is 1. The van der Waals surface area contributed by atoms with Crippen LogP contribution < -0.4 is 0 Å². The molecule has 0 spiro atoms. The van der Waals surface area contributed by atoms with Crippen molar-refractivity contribution in [3.63, 3.8) is 0 Å². The molecule has 1 heterocycles. The Labute approximate surface area is 81.3 Å². The first-order valence-corrected chi connectivity index (χ1v) is 4.83. The van der Waals surface area contributed by atoms with Crippen LogP contribution in [0.3, 0.4) is 0 Å². The van der Waals surface area contributed by atoms with Crippen LogP contribution in [0.15, 0.2) is 6.20 Å². The quantitative estimate of drug-likeness (QED) is 0.697. The van der Waals surface area contributed by atoms with Crippen LogP contribution in [0.25, 0.3) is 0 Å². The van der Waals surface area contributed by atoms with Crippen molar-refractivity contribution in [2.24, 2.45) is 5.92 Å². The Kier molecular flexibility index (Phi) is 3.36. The molecule has 1 rings (SSSR count). The van der Waals surface area contributed by atoms with Gasteiger partial charge >= 0.3 is 5.97 Å². The third kappa shape index (κ3) is 2.77. The first-order chi connectivity index (χ1) is 6.11. The van der Waals surface area contributed by atoms with Crippen molar-refractivity contribution in [1.29, 1.82) is 0 Å². The van der Waals surface area contributed by atoms with E-state index >= 15 is 0 Å². The van der Waals surface area contributed by atoms with Crippen molar-refractivity contribution in [1.82, 2.24) is 8.75 Å². The minimum atomic E-state index is -0.394. The molecule has 0 bridgehead atoms. The Balaban J connectivity index is 2.52. The van der Waals surface area contributed by atoms with E-state index in [-0.39, 0.29) is 11.8 Å². The molecule has 1 aromatic rings. The SMILES string of the molecule is CC(C)C(C)OC(=O)c1cnsn1. The number of hydrogen-bond acceptors (Lipinski definition) is 5. The van der Waals surface area contributed by atoms with Gasteiger partial charge in [0.2, 0.25) is 0 Å². The Morgan fingerprint density at radius 1 is 1.54 bits per heavy atom. The van der Waals surface area contributed by atoms with Crippen molar-refractivity contribution < 1.29 is 9.53 Å². The predicted molar refractivity (Wildman–Crippen MR) is 49.6 cm³/mol. The van der Waals surface area contributed by atoms with Crippen LogP contribution in [0, 0.1) is 5.92 Å². The minimum Gasteiger partial charge on any atom is -0.458 e. The smallest absolute Gasteiger partial charge is 0.360 e. The van der Waals surface area contributed by atoms with Gasteiger partial charge < -0.3 is 4.74 Å². The summed E-state index contributed by atoms with van der Waals surface area (Å²) in [5.74, 6) is -0.0782. The fourth-order valence-corrected chi connectivity index (χ4v) is 1.02. The van der Waals surface area contributed by atoms with E-state index in [0.29, 0.717) is 5.92 Å². The maximum atomic E-state index is 11.3. The third-order valence-corrected chi connectivity index (χ3v) is 2.28. The van der Waals surface area contributed by atoms with Gasteiger partial charge in [0.15, 0.2) is 5.69 Å². The van der Waals surface area contributed by atoms with Crippen molar-refractivity contribution in [3.05, 3.63) is 11.9 Å². The van der Waals surface area contributed by atoms with Crippen LogP contribution >= 0.6 is 11.7 Å². The lowest BCUT2D eigenvalue weighted by Crippen LogP contribution is -2.20. The molecule has 4 nitrogen and oxygen atoms in total. The van der Waals surface area contributed by atoms with Gasteiger partial charge in [0, 0.05) is 0 Å². The van der Waals surface area contributed by atoms with E-state index in [1.165, 1.54) is 6.20 Å². The zero-order valence-corrected chi connectivity index (χ0v) is 8.67. The van der Waals surface area contributed by atoms with E-state index < -0.39 is 5.97 Å². The number of aromatic nitrogens is 2. The molecule has 0 amide bonds. The zero-order valence-electron chi connectivity index (χ0n) is 7.85. The van der Waals surface area contributed by atoms with Crippen molar-refractivity contribution in [3.8, 4) is 0 Å². The Hall–Kier alpha value is -0.970. The summed E-state index contributed by atoms with van der Waals surface area (Å²) < 4.78 is 12.6. The van der Waals surface area contributed by atoms with E-state index in [1.807, 2.05) is 20.8 Å². The highest BCUT2D eigenvalue weighted by molar-refractivity contribution is 6.99. The molecule has 0 aliphatic carbocycles. The molecule has 13 heavy (non-hydrogen) atoms. The lowest BCUT2D eigenvalue weighted by molar-refractivity contribution is 0.0232. The number of hydrogen-bond donors (Lipinski definition) is 0. The summed E-state index contributed by atoms with van der Waals surface area (Å²) in [6, 6.07) is 0. The number of nitrogens with zero attached hydrogens (tertiary/aromatic N) is 2. The van der Waals surface area contributed by atoms with E-state index in [9.17, 15) is 4.79 Å². The molecule has 0 fully saturated rings. The molecule has 0 aromatic carbocycles. The second kappa shape index (κ2) is 4.32. The highest BCUT2D eigenvalue weighted by Gasteiger charge is 2.16. The lowest BCUT2D eigenvalue weighted by Gasteiger charge is -2.15. The van der Waals surface area contributed by atoms with Crippen LogP contribution in [0.4, 0.5) is 0 Å². The van der Waals surface area contributed by atoms with Gasteiger partial charge in [0.25, 0.3) is 0 Å². The first kappa shape index (κ1) is 10.1. The van der Waals surface area contributed by atoms with E-state index in [2.05, 4.69) is 8.75 Å². The van der Waals surface area contributed by atoms with Gasteiger partial charge in [0.1, 0.15) is 6.10 Å². The maximum absolute atomic E-state index is 11.3. The lowest BCUT2D eigenvalue weighted by atomic mass is 10.1. The van der Waals surface area contributed by atoms with Crippen LogP contribution in [0.5, 0.6) is 0 Å². The van der Waals surface area contributed by atoms with E-state index in [1.54, 1.807) is 0 Å². The zero-order chi connectivity index (χ0) is 9.84. The van der Waals surface area contributed by atoms with Crippen LogP contribution in [0.1, 0.15) is 31.3 Å². The first-order valence-electron chi connectivity index (χ1n) is 4.09. The summed E-state index contributed by atoms with van der Waals surface area (Å²) in [5.41, 5.74) is 0.289. The van der Waals surface area contributed by atoms with Gasteiger partial charge in [0.05, 0.1) is 17.9 Å². The summed E-state index contributed by atoms with van der Waals surface area (Å²) in [4.78, 5) is 11.3. The molecular formula is C8H12N2O2S. The monoisotopic (exact) mass is 200 g/mol. The molecule has 1 unspecified atom stereocenters. The largest absolute Gasteiger partial charge is 0.458 e. The predicted octanol–water partition coefficient (Wildman–Crippen LogP) is 1.74. The standard InChI is InChI=1S/C8H12N2O2S/c1-5(2)6(3)12-8(11)7-4-9-13-10-7/h4-6H,1-3H3. The Morgan fingerprint density at radius 2 is 2.23 bits per heavy atom. The van der Waals surface area contributed by atoms with E-state index in [0.717, 1.165) is 11.7 Å². The summed E-state index contributed by atoms with van der Waals surface area (Å²) in [5, 5.41) is 0. The normalized spacial score (nSPS) is 12.9. The molecule has 0 aliphatic rings. The second-order valence-electron chi connectivity index (χ2n) is 3.15. The summed E-state index contributed by atoms with van der Waals surface area (Å²) in [6.07, 6.45) is 1.33. The number of rotatable bonds is 3.